The monoisotopic (exact) mass is 339 g/mol. The second-order valence-corrected chi connectivity index (χ2v) is 8.78. The Morgan fingerprint density at radius 3 is 1.95 bits per heavy atom. The van der Waals surface area contributed by atoms with Gasteiger partial charge in [-0.2, -0.15) is 0 Å². The van der Waals surface area contributed by atoms with E-state index in [-0.39, 0.29) is 16.3 Å². The van der Waals surface area contributed by atoms with Crippen LogP contribution in [0.3, 0.4) is 0 Å². The minimum absolute atomic E-state index is 0.0356. The summed E-state index contributed by atoms with van der Waals surface area (Å²) >= 11 is 0. The van der Waals surface area contributed by atoms with E-state index >= 15 is 0 Å². The summed E-state index contributed by atoms with van der Waals surface area (Å²) in [6.45, 7) is 2.09. The third-order valence-corrected chi connectivity index (χ3v) is 5.82. The lowest BCUT2D eigenvalue weighted by atomic mass is 10.1. The van der Waals surface area contributed by atoms with Gasteiger partial charge in [-0.3, -0.25) is 0 Å². The van der Waals surface area contributed by atoms with Crippen molar-refractivity contribution < 1.29 is 16.8 Å². The predicted molar refractivity (Wildman–Crippen MR) is 84.8 cm³/mol. The summed E-state index contributed by atoms with van der Waals surface area (Å²) in [5.74, 6) is 0. The van der Waals surface area contributed by atoms with E-state index in [1.165, 1.54) is 24.3 Å². The second kappa shape index (κ2) is 6.20. The zero-order chi connectivity index (χ0) is 16.4. The molecule has 0 fully saturated rings. The largest absolute Gasteiger partial charge is 0.240 e. The molecule has 2 aromatic rings. The van der Waals surface area contributed by atoms with Gasteiger partial charge in [-0.05, 0) is 42.3 Å². The maximum Gasteiger partial charge on any atom is 0.240 e. The van der Waals surface area contributed by atoms with Crippen LogP contribution in [0.5, 0.6) is 0 Å². The maximum absolute atomic E-state index is 12.2. The lowest BCUT2D eigenvalue weighted by Gasteiger charge is -2.09. The normalized spacial score (nSPS) is 12.3. The fourth-order valence-electron chi connectivity index (χ4n) is 1.93. The first-order chi connectivity index (χ1) is 10.2. The van der Waals surface area contributed by atoms with Crippen molar-refractivity contribution in [3.63, 3.8) is 0 Å². The van der Waals surface area contributed by atoms with E-state index in [0.29, 0.717) is 0 Å². The molecular weight excluding hydrogens is 322 g/mol. The lowest BCUT2D eigenvalue weighted by Crippen LogP contribution is -2.23. The van der Waals surface area contributed by atoms with Crippen LogP contribution in [-0.2, 0) is 26.4 Å². The molecule has 0 aliphatic heterocycles. The van der Waals surface area contributed by atoms with Crippen LogP contribution in [0.15, 0.2) is 58.3 Å². The molecule has 0 unspecified atom stereocenters. The summed E-state index contributed by atoms with van der Waals surface area (Å²) in [4.78, 5) is 0.124. The number of aryl methyl sites for hydroxylation is 1. The molecule has 0 aromatic heterocycles. The van der Waals surface area contributed by atoms with Gasteiger partial charge in [-0.15, -0.1) is 0 Å². The van der Waals surface area contributed by atoms with Crippen molar-refractivity contribution in [2.75, 3.05) is 6.26 Å². The van der Waals surface area contributed by atoms with Gasteiger partial charge in [0, 0.05) is 12.8 Å². The molecule has 0 saturated heterocycles. The molecule has 5 nitrogen and oxygen atoms in total. The van der Waals surface area contributed by atoms with E-state index in [9.17, 15) is 16.8 Å². The molecule has 2 aromatic carbocycles. The highest BCUT2D eigenvalue weighted by molar-refractivity contribution is 7.90. The van der Waals surface area contributed by atoms with Crippen LogP contribution in [0, 0.1) is 6.92 Å². The van der Waals surface area contributed by atoms with E-state index in [1.54, 1.807) is 0 Å². The topological polar surface area (TPSA) is 80.3 Å². The van der Waals surface area contributed by atoms with Crippen molar-refractivity contribution in [2.45, 2.75) is 23.3 Å². The predicted octanol–water partition coefficient (Wildman–Crippen LogP) is 1.88. The molecule has 0 saturated carbocycles. The first kappa shape index (κ1) is 16.7. The quantitative estimate of drug-likeness (QED) is 0.902. The molecule has 0 spiro atoms. The summed E-state index contributed by atoms with van der Waals surface area (Å²) in [6.07, 6.45) is 1.08. The first-order valence-corrected chi connectivity index (χ1v) is 9.92. The number of sulfonamides is 1. The number of sulfone groups is 1. The fourth-order valence-corrected chi connectivity index (χ4v) is 3.57. The third kappa shape index (κ3) is 3.94. The number of benzene rings is 2. The van der Waals surface area contributed by atoms with Crippen LogP contribution in [0.25, 0.3) is 0 Å². The van der Waals surface area contributed by atoms with Crippen molar-refractivity contribution in [3.8, 4) is 0 Å². The van der Waals surface area contributed by atoms with Crippen LogP contribution in [-0.4, -0.2) is 23.1 Å². The van der Waals surface area contributed by atoms with Crippen LogP contribution < -0.4 is 4.72 Å². The molecule has 0 bridgehead atoms. The Balaban J connectivity index is 2.19. The van der Waals surface area contributed by atoms with Crippen molar-refractivity contribution in [1.82, 2.24) is 4.72 Å². The second-order valence-electron chi connectivity index (χ2n) is 4.99. The van der Waals surface area contributed by atoms with Gasteiger partial charge in [-0.1, -0.05) is 24.3 Å². The van der Waals surface area contributed by atoms with Gasteiger partial charge < -0.3 is 0 Å². The summed E-state index contributed by atoms with van der Waals surface area (Å²) in [7, 11) is -7.02. The summed E-state index contributed by atoms with van der Waals surface area (Å²) in [5, 5.41) is 0. The Bertz CT molecular complexity index is 870. The lowest BCUT2D eigenvalue weighted by molar-refractivity contribution is 0.580. The number of hydrogen-bond donors (Lipinski definition) is 1. The third-order valence-electron chi connectivity index (χ3n) is 3.28. The Kier molecular flexibility index (Phi) is 4.69. The zero-order valence-corrected chi connectivity index (χ0v) is 13.9. The molecular formula is C15H17NO4S2. The minimum Gasteiger partial charge on any atom is -0.224 e. The Hall–Kier alpha value is -1.70. The Labute approximate surface area is 131 Å². The molecule has 118 valence electrons. The molecule has 0 heterocycles. The molecule has 0 atom stereocenters. The fraction of sp³-hybridized carbons (Fsp3) is 0.200. The minimum atomic E-state index is -3.68. The van der Waals surface area contributed by atoms with Crippen molar-refractivity contribution in [2.24, 2.45) is 0 Å². The van der Waals surface area contributed by atoms with Gasteiger partial charge in [0.05, 0.1) is 9.79 Å². The van der Waals surface area contributed by atoms with Gasteiger partial charge in [0.2, 0.25) is 10.0 Å². The van der Waals surface area contributed by atoms with E-state index in [4.69, 9.17) is 0 Å². The van der Waals surface area contributed by atoms with E-state index in [2.05, 4.69) is 4.72 Å². The number of rotatable bonds is 5. The SMILES string of the molecule is Cc1ccccc1CNS(=O)(=O)c1ccc(S(C)(=O)=O)cc1. The standard InChI is InChI=1S/C15H17NO4S2/c1-12-5-3-4-6-13(12)11-16-22(19,20)15-9-7-14(8-10-15)21(2,17)18/h3-10,16H,11H2,1-2H3. The maximum atomic E-state index is 12.2. The molecule has 0 amide bonds. The summed E-state index contributed by atoms with van der Waals surface area (Å²) in [6, 6.07) is 12.6. The van der Waals surface area contributed by atoms with E-state index < -0.39 is 19.9 Å². The van der Waals surface area contributed by atoms with E-state index in [1.807, 2.05) is 31.2 Å². The smallest absolute Gasteiger partial charge is 0.224 e. The van der Waals surface area contributed by atoms with E-state index in [0.717, 1.165) is 17.4 Å². The molecule has 22 heavy (non-hydrogen) atoms. The molecule has 0 radical (unpaired) electrons. The van der Waals surface area contributed by atoms with Crippen LogP contribution >= 0.6 is 0 Å². The average Bonchev–Trinajstić information content (AvgIpc) is 2.46. The summed E-state index contributed by atoms with van der Waals surface area (Å²) < 4.78 is 49.7. The van der Waals surface area contributed by atoms with Gasteiger partial charge in [0.1, 0.15) is 0 Å². The summed E-state index contributed by atoms with van der Waals surface area (Å²) in [5.41, 5.74) is 1.89. The highest BCUT2D eigenvalue weighted by atomic mass is 32.2. The van der Waals surface area contributed by atoms with Crippen LogP contribution in [0.2, 0.25) is 0 Å². The molecule has 0 aliphatic rings. The Morgan fingerprint density at radius 2 is 1.41 bits per heavy atom. The van der Waals surface area contributed by atoms with Crippen molar-refractivity contribution in [3.05, 3.63) is 59.7 Å². The highest BCUT2D eigenvalue weighted by Gasteiger charge is 2.15. The Morgan fingerprint density at radius 1 is 0.864 bits per heavy atom. The van der Waals surface area contributed by atoms with Gasteiger partial charge in [0.25, 0.3) is 0 Å². The van der Waals surface area contributed by atoms with Crippen LogP contribution in [0.1, 0.15) is 11.1 Å². The van der Waals surface area contributed by atoms with Crippen molar-refractivity contribution >= 4 is 19.9 Å². The number of hydrogen-bond acceptors (Lipinski definition) is 4. The molecule has 7 heteroatoms. The molecule has 0 aliphatic carbocycles. The van der Waals surface area contributed by atoms with Gasteiger partial charge in [-0.25, -0.2) is 21.6 Å². The van der Waals surface area contributed by atoms with Gasteiger partial charge in [0.15, 0.2) is 9.84 Å². The zero-order valence-electron chi connectivity index (χ0n) is 12.3. The first-order valence-electron chi connectivity index (χ1n) is 6.54. The molecule has 2 rings (SSSR count). The number of nitrogens with one attached hydrogen (secondary N) is 1. The van der Waals surface area contributed by atoms with Crippen LogP contribution in [0.4, 0.5) is 0 Å². The van der Waals surface area contributed by atoms with Crippen molar-refractivity contribution in [1.29, 1.82) is 0 Å². The molecule has 1 N–H and O–H groups in total. The highest BCUT2D eigenvalue weighted by Crippen LogP contribution is 2.15. The van der Waals surface area contributed by atoms with Gasteiger partial charge >= 0.3 is 0 Å². The average molecular weight is 339 g/mol.